The smallest absolute Gasteiger partial charge is 0.173 e. The van der Waals surface area contributed by atoms with E-state index in [1.165, 1.54) is 0 Å². The van der Waals surface area contributed by atoms with Gasteiger partial charge in [0.1, 0.15) is 6.54 Å². The van der Waals surface area contributed by atoms with Crippen molar-refractivity contribution in [1.29, 1.82) is 0 Å². The number of aryl methyl sites for hydroxylation is 2. The summed E-state index contributed by atoms with van der Waals surface area (Å²) in [5.41, 5.74) is 2.01. The van der Waals surface area contributed by atoms with Crippen LogP contribution in [-0.4, -0.2) is 30.0 Å². The summed E-state index contributed by atoms with van der Waals surface area (Å²) < 4.78 is 3.76. The number of aromatic nitrogens is 6. The van der Waals surface area contributed by atoms with E-state index in [9.17, 15) is 0 Å². The van der Waals surface area contributed by atoms with Crippen LogP contribution in [0, 0.1) is 13.8 Å². The fraction of sp³-hybridized carbons (Fsp3) is 0.636. The molecule has 0 amide bonds. The van der Waals surface area contributed by atoms with Gasteiger partial charge in [0.05, 0.1) is 11.2 Å². The van der Waals surface area contributed by atoms with Crippen LogP contribution >= 0.6 is 0 Å². The van der Waals surface area contributed by atoms with E-state index in [-0.39, 0.29) is 5.54 Å². The van der Waals surface area contributed by atoms with Gasteiger partial charge < -0.3 is 0 Å². The molecule has 6 nitrogen and oxygen atoms in total. The molecule has 2 heterocycles. The van der Waals surface area contributed by atoms with Crippen LogP contribution in [0.4, 0.5) is 0 Å². The average Bonchev–Trinajstić information content (AvgIpc) is 2.74. The lowest BCUT2D eigenvalue weighted by Crippen LogP contribution is -2.26. The molecule has 0 aliphatic carbocycles. The maximum atomic E-state index is 4.42. The summed E-state index contributed by atoms with van der Waals surface area (Å²) in [5.74, 6) is 0.823. The Morgan fingerprint density at radius 3 is 2.47 bits per heavy atom. The van der Waals surface area contributed by atoms with Gasteiger partial charge in [0.2, 0.25) is 0 Å². The van der Waals surface area contributed by atoms with Gasteiger partial charge in [-0.2, -0.15) is 5.10 Å². The zero-order valence-electron chi connectivity index (χ0n) is 11.0. The van der Waals surface area contributed by atoms with E-state index in [4.69, 9.17) is 0 Å². The second-order valence-corrected chi connectivity index (χ2v) is 5.26. The monoisotopic (exact) mass is 234 g/mol. The Morgan fingerprint density at radius 2 is 1.94 bits per heavy atom. The lowest BCUT2D eigenvalue weighted by molar-refractivity contribution is 0.330. The summed E-state index contributed by atoms with van der Waals surface area (Å²) >= 11 is 0. The molecule has 0 saturated heterocycles. The topological polar surface area (TPSA) is 61.4 Å². The predicted octanol–water partition coefficient (Wildman–Crippen LogP) is 1.29. The highest BCUT2D eigenvalue weighted by Crippen LogP contribution is 2.14. The van der Waals surface area contributed by atoms with Gasteiger partial charge in [0.25, 0.3) is 0 Å². The van der Waals surface area contributed by atoms with Crippen LogP contribution in [0.1, 0.15) is 38.0 Å². The Bertz CT molecular complexity index is 516. The number of hydrogen-bond donors (Lipinski definition) is 0. The SMILES string of the molecule is Cc1cc(C)n(Cc2nnnn2C(C)(C)C)n1. The summed E-state index contributed by atoms with van der Waals surface area (Å²) in [6.07, 6.45) is 0. The van der Waals surface area contributed by atoms with Crippen LogP contribution in [0.25, 0.3) is 0 Å². The summed E-state index contributed by atoms with van der Waals surface area (Å²) in [5, 5.41) is 16.3. The maximum Gasteiger partial charge on any atom is 0.173 e. The van der Waals surface area contributed by atoms with Crippen molar-refractivity contribution in [2.45, 2.75) is 46.7 Å². The van der Waals surface area contributed by atoms with Gasteiger partial charge in [-0.25, -0.2) is 4.68 Å². The molecule has 0 fully saturated rings. The molecule has 0 unspecified atom stereocenters. The maximum absolute atomic E-state index is 4.42. The first-order valence-electron chi connectivity index (χ1n) is 5.67. The molecule has 92 valence electrons. The van der Waals surface area contributed by atoms with E-state index in [1.54, 1.807) is 0 Å². The second kappa shape index (κ2) is 3.94. The Morgan fingerprint density at radius 1 is 1.24 bits per heavy atom. The van der Waals surface area contributed by atoms with Gasteiger partial charge in [-0.05, 0) is 51.1 Å². The fourth-order valence-corrected chi connectivity index (χ4v) is 1.79. The molecular weight excluding hydrogens is 216 g/mol. The van der Waals surface area contributed by atoms with E-state index >= 15 is 0 Å². The van der Waals surface area contributed by atoms with Crippen molar-refractivity contribution in [2.75, 3.05) is 0 Å². The number of nitrogens with zero attached hydrogens (tertiary/aromatic N) is 6. The molecule has 0 aliphatic heterocycles. The van der Waals surface area contributed by atoms with Crippen LogP contribution in [0.3, 0.4) is 0 Å². The van der Waals surface area contributed by atoms with Crippen molar-refractivity contribution in [3.63, 3.8) is 0 Å². The Labute approximate surface area is 101 Å². The molecule has 0 aromatic carbocycles. The van der Waals surface area contributed by atoms with E-state index < -0.39 is 0 Å². The molecular formula is C11H18N6. The minimum Gasteiger partial charge on any atom is -0.262 e. The van der Waals surface area contributed by atoms with Crippen molar-refractivity contribution in [2.24, 2.45) is 0 Å². The van der Waals surface area contributed by atoms with Gasteiger partial charge >= 0.3 is 0 Å². The van der Waals surface area contributed by atoms with Crippen LogP contribution in [0.15, 0.2) is 6.07 Å². The first-order valence-corrected chi connectivity index (χ1v) is 5.67. The molecule has 0 saturated carbocycles. The van der Waals surface area contributed by atoms with Crippen molar-refractivity contribution in [3.05, 3.63) is 23.3 Å². The average molecular weight is 234 g/mol. The number of tetrazole rings is 1. The number of hydrogen-bond acceptors (Lipinski definition) is 4. The van der Waals surface area contributed by atoms with Gasteiger partial charge in [-0.15, -0.1) is 5.10 Å². The molecule has 6 heteroatoms. The molecule has 0 atom stereocenters. The normalized spacial score (nSPS) is 12.1. The lowest BCUT2D eigenvalue weighted by Gasteiger charge is -2.19. The summed E-state index contributed by atoms with van der Waals surface area (Å²) in [6.45, 7) is 10.8. The second-order valence-electron chi connectivity index (χ2n) is 5.26. The van der Waals surface area contributed by atoms with E-state index in [0.717, 1.165) is 17.2 Å². The van der Waals surface area contributed by atoms with Crippen molar-refractivity contribution < 1.29 is 0 Å². The minimum atomic E-state index is -0.116. The third kappa shape index (κ3) is 2.35. The highest BCUT2D eigenvalue weighted by atomic mass is 15.6. The first kappa shape index (κ1) is 11.8. The lowest BCUT2D eigenvalue weighted by atomic mass is 10.1. The summed E-state index contributed by atoms with van der Waals surface area (Å²) in [6, 6.07) is 2.05. The van der Waals surface area contributed by atoms with Crippen molar-refractivity contribution in [1.82, 2.24) is 30.0 Å². The van der Waals surface area contributed by atoms with Gasteiger partial charge in [-0.3, -0.25) is 4.68 Å². The third-order valence-corrected chi connectivity index (χ3v) is 2.56. The fourth-order valence-electron chi connectivity index (χ4n) is 1.79. The predicted molar refractivity (Wildman–Crippen MR) is 63.6 cm³/mol. The van der Waals surface area contributed by atoms with Gasteiger partial charge in [0, 0.05) is 5.69 Å². The molecule has 2 aromatic heterocycles. The highest BCUT2D eigenvalue weighted by Gasteiger charge is 2.20. The third-order valence-electron chi connectivity index (χ3n) is 2.56. The summed E-state index contributed by atoms with van der Waals surface area (Å²) in [4.78, 5) is 0. The van der Waals surface area contributed by atoms with Crippen LogP contribution in [-0.2, 0) is 12.1 Å². The van der Waals surface area contributed by atoms with Crippen molar-refractivity contribution in [3.8, 4) is 0 Å². The molecule has 0 bridgehead atoms. The largest absolute Gasteiger partial charge is 0.262 e. The minimum absolute atomic E-state index is 0.116. The standard InChI is InChI=1S/C11H18N6/c1-8-6-9(2)16(13-8)7-10-12-14-15-17(10)11(3,4)5/h6H,7H2,1-5H3. The van der Waals surface area contributed by atoms with E-state index in [0.29, 0.717) is 6.54 Å². The number of rotatable bonds is 2. The first-order chi connectivity index (χ1) is 7.88. The molecule has 17 heavy (non-hydrogen) atoms. The van der Waals surface area contributed by atoms with Crippen LogP contribution in [0.5, 0.6) is 0 Å². The Balaban J connectivity index is 2.31. The quantitative estimate of drug-likeness (QED) is 0.785. The van der Waals surface area contributed by atoms with Gasteiger partial charge in [-0.1, -0.05) is 0 Å². The summed E-state index contributed by atoms with van der Waals surface area (Å²) in [7, 11) is 0. The molecule has 0 spiro atoms. The molecule has 2 aromatic rings. The Hall–Kier alpha value is -1.72. The highest BCUT2D eigenvalue weighted by molar-refractivity contribution is 5.07. The molecule has 0 N–H and O–H groups in total. The van der Waals surface area contributed by atoms with E-state index in [1.807, 2.05) is 29.3 Å². The molecule has 0 radical (unpaired) electrons. The van der Waals surface area contributed by atoms with Gasteiger partial charge in [0.15, 0.2) is 5.82 Å². The zero-order chi connectivity index (χ0) is 12.6. The van der Waals surface area contributed by atoms with E-state index in [2.05, 4.69) is 41.4 Å². The van der Waals surface area contributed by atoms with Crippen LogP contribution < -0.4 is 0 Å². The zero-order valence-corrected chi connectivity index (χ0v) is 11.0. The van der Waals surface area contributed by atoms with Crippen LogP contribution in [0.2, 0.25) is 0 Å². The van der Waals surface area contributed by atoms with Crippen molar-refractivity contribution >= 4 is 0 Å². The Kier molecular flexibility index (Phi) is 2.73. The molecule has 2 rings (SSSR count). The molecule has 0 aliphatic rings.